The van der Waals surface area contributed by atoms with Crippen LogP contribution in [0.4, 0.5) is 0 Å². The Hall–Kier alpha value is -4.41. The fourth-order valence-corrected chi connectivity index (χ4v) is 5.13. The lowest BCUT2D eigenvalue weighted by atomic mass is 10.0. The second-order valence-electron chi connectivity index (χ2n) is 10.00. The van der Waals surface area contributed by atoms with Gasteiger partial charge >= 0.3 is 17.6 Å². The summed E-state index contributed by atoms with van der Waals surface area (Å²) < 4.78 is 13.2. The van der Waals surface area contributed by atoms with E-state index in [1.807, 2.05) is 0 Å². The van der Waals surface area contributed by atoms with Crippen LogP contribution in [0.2, 0.25) is 10.0 Å². The Labute approximate surface area is 263 Å². The zero-order valence-corrected chi connectivity index (χ0v) is 25.9. The molecular formula is C32H31Cl2N3O7. The van der Waals surface area contributed by atoms with Gasteiger partial charge < -0.3 is 14.8 Å². The van der Waals surface area contributed by atoms with E-state index in [2.05, 4.69) is 5.32 Å². The summed E-state index contributed by atoms with van der Waals surface area (Å²) in [5.41, 5.74) is 0.468. The van der Waals surface area contributed by atoms with E-state index < -0.39 is 41.2 Å². The number of para-hydroxylation sites is 1. The van der Waals surface area contributed by atoms with Crippen LogP contribution in [0.25, 0.3) is 16.6 Å². The first-order chi connectivity index (χ1) is 21.0. The zero-order chi connectivity index (χ0) is 32.0. The summed E-state index contributed by atoms with van der Waals surface area (Å²) in [6, 6.07) is 16.7. The van der Waals surface area contributed by atoms with Crippen LogP contribution in [-0.2, 0) is 32.5 Å². The van der Waals surface area contributed by atoms with Crippen molar-refractivity contribution in [2.24, 2.45) is 7.05 Å². The number of carbonyl (C=O) groups is 3. The van der Waals surface area contributed by atoms with Crippen molar-refractivity contribution in [3.05, 3.63) is 109 Å². The first-order valence-electron chi connectivity index (χ1n) is 14.0. The van der Waals surface area contributed by atoms with E-state index in [0.29, 0.717) is 28.6 Å². The summed E-state index contributed by atoms with van der Waals surface area (Å²) in [6.07, 6.45) is -0.207. The van der Waals surface area contributed by atoms with Crippen LogP contribution in [0.1, 0.15) is 42.6 Å². The molecule has 0 saturated heterocycles. The first kappa shape index (κ1) is 32.5. The van der Waals surface area contributed by atoms with Gasteiger partial charge in [0.25, 0.3) is 11.5 Å². The predicted molar refractivity (Wildman–Crippen MR) is 168 cm³/mol. The number of halogens is 2. The molecule has 1 amide bonds. The standard InChI is InChI=1S/C32H31Cl2N3O7/c1-4-21(18-43-27(38)5-2)44-31(41)25(35-29(39)28-23(33)10-8-11-24(28)34)17-19-13-15-20(16-14-19)37-30(40)22-9-6-7-12-26(22)36(3)32(37)42/h6-16,21,25H,4-5,17-18H2,1-3H3,(H,35,39)/t21?,25-/m0/s1. The molecule has 0 fully saturated rings. The molecule has 10 nitrogen and oxygen atoms in total. The molecule has 230 valence electrons. The van der Waals surface area contributed by atoms with Crippen molar-refractivity contribution in [1.29, 1.82) is 0 Å². The lowest BCUT2D eigenvalue weighted by Gasteiger charge is -2.22. The van der Waals surface area contributed by atoms with E-state index in [0.717, 1.165) is 4.57 Å². The number of ether oxygens (including phenoxy) is 2. The molecule has 0 bridgehead atoms. The fourth-order valence-electron chi connectivity index (χ4n) is 4.56. The van der Waals surface area contributed by atoms with E-state index in [4.69, 9.17) is 32.7 Å². The predicted octanol–water partition coefficient (Wildman–Crippen LogP) is 4.61. The van der Waals surface area contributed by atoms with Gasteiger partial charge in [0, 0.05) is 19.9 Å². The number of carbonyl (C=O) groups excluding carboxylic acids is 3. The van der Waals surface area contributed by atoms with Gasteiger partial charge in [-0.2, -0.15) is 0 Å². The summed E-state index contributed by atoms with van der Waals surface area (Å²) in [6.45, 7) is 3.29. The van der Waals surface area contributed by atoms with Gasteiger partial charge in [0.2, 0.25) is 0 Å². The zero-order valence-electron chi connectivity index (χ0n) is 24.3. The Balaban J connectivity index is 1.63. The number of esters is 2. The van der Waals surface area contributed by atoms with Gasteiger partial charge in [-0.3, -0.25) is 19.0 Å². The number of nitrogens with one attached hydrogen (secondary N) is 1. The maximum atomic E-state index is 13.4. The molecule has 12 heteroatoms. The molecule has 0 radical (unpaired) electrons. The molecule has 44 heavy (non-hydrogen) atoms. The number of hydrogen-bond acceptors (Lipinski definition) is 7. The Morgan fingerprint density at radius 2 is 1.57 bits per heavy atom. The number of fused-ring (bicyclic) bond motifs is 1. The quantitative estimate of drug-likeness (QED) is 0.238. The number of aromatic nitrogens is 2. The molecule has 0 saturated carbocycles. The summed E-state index contributed by atoms with van der Waals surface area (Å²) >= 11 is 12.4. The maximum absolute atomic E-state index is 13.4. The summed E-state index contributed by atoms with van der Waals surface area (Å²) in [7, 11) is 1.59. The SMILES string of the molecule is CCC(=O)OCC(CC)OC(=O)[C@H](Cc1ccc(-n2c(=O)c3ccccc3n(C)c2=O)cc1)NC(=O)c1c(Cl)cccc1Cl. The molecule has 2 atom stereocenters. The van der Waals surface area contributed by atoms with Crippen molar-refractivity contribution in [2.75, 3.05) is 6.61 Å². The third-order valence-electron chi connectivity index (χ3n) is 7.05. The lowest BCUT2D eigenvalue weighted by molar-refractivity contribution is -0.160. The molecule has 1 N–H and O–H groups in total. The van der Waals surface area contributed by atoms with Crippen LogP contribution < -0.4 is 16.6 Å². The molecule has 0 aliphatic carbocycles. The molecule has 4 aromatic rings. The Kier molecular flexibility index (Phi) is 10.6. The first-order valence-corrected chi connectivity index (χ1v) is 14.7. The van der Waals surface area contributed by atoms with Gasteiger partial charge in [-0.15, -0.1) is 0 Å². The van der Waals surface area contributed by atoms with E-state index in [1.165, 1.54) is 16.7 Å². The smallest absolute Gasteiger partial charge is 0.335 e. The van der Waals surface area contributed by atoms with Crippen LogP contribution in [0, 0.1) is 0 Å². The normalized spacial score (nSPS) is 12.4. The molecule has 1 heterocycles. The highest BCUT2D eigenvalue weighted by molar-refractivity contribution is 6.39. The topological polar surface area (TPSA) is 126 Å². The van der Waals surface area contributed by atoms with E-state index in [1.54, 1.807) is 75.5 Å². The number of benzene rings is 3. The van der Waals surface area contributed by atoms with Crippen LogP contribution in [0.3, 0.4) is 0 Å². The largest absolute Gasteiger partial charge is 0.462 e. The van der Waals surface area contributed by atoms with E-state index in [-0.39, 0.29) is 35.1 Å². The minimum atomic E-state index is -1.19. The summed E-state index contributed by atoms with van der Waals surface area (Å²) in [4.78, 5) is 64.5. The average Bonchev–Trinajstić information content (AvgIpc) is 3.02. The second-order valence-corrected chi connectivity index (χ2v) is 10.8. The Bertz CT molecular complexity index is 1800. The number of nitrogens with zero attached hydrogens (tertiary/aromatic N) is 2. The maximum Gasteiger partial charge on any atom is 0.335 e. The van der Waals surface area contributed by atoms with E-state index >= 15 is 0 Å². The number of amides is 1. The molecule has 3 aromatic carbocycles. The number of hydrogen-bond donors (Lipinski definition) is 1. The van der Waals surface area contributed by atoms with Crippen molar-refractivity contribution in [3.63, 3.8) is 0 Å². The highest BCUT2D eigenvalue weighted by Crippen LogP contribution is 2.24. The van der Waals surface area contributed by atoms with Crippen molar-refractivity contribution in [1.82, 2.24) is 14.5 Å². The molecule has 0 aliphatic heterocycles. The van der Waals surface area contributed by atoms with E-state index in [9.17, 15) is 24.0 Å². The number of rotatable bonds is 11. The van der Waals surface area contributed by atoms with Gasteiger partial charge in [0.1, 0.15) is 18.8 Å². The summed E-state index contributed by atoms with van der Waals surface area (Å²) in [5.74, 6) is -1.88. The highest BCUT2D eigenvalue weighted by Gasteiger charge is 2.28. The molecule has 1 aromatic heterocycles. The molecular weight excluding hydrogens is 609 g/mol. The molecule has 4 rings (SSSR count). The average molecular weight is 641 g/mol. The molecule has 1 unspecified atom stereocenters. The van der Waals surface area contributed by atoms with Gasteiger partial charge in [-0.05, 0) is 48.4 Å². The minimum Gasteiger partial charge on any atom is -0.462 e. The Morgan fingerprint density at radius 1 is 0.909 bits per heavy atom. The molecule has 0 aliphatic rings. The van der Waals surface area contributed by atoms with Crippen LogP contribution in [0.15, 0.2) is 76.3 Å². The highest BCUT2D eigenvalue weighted by atomic mass is 35.5. The van der Waals surface area contributed by atoms with Gasteiger partial charge in [0.15, 0.2) is 0 Å². The summed E-state index contributed by atoms with van der Waals surface area (Å²) in [5, 5.41) is 3.26. The lowest BCUT2D eigenvalue weighted by Crippen LogP contribution is -2.45. The molecule has 0 spiro atoms. The fraction of sp³-hybridized carbons (Fsp3) is 0.281. The van der Waals surface area contributed by atoms with Crippen molar-refractivity contribution >= 4 is 52.0 Å². The third kappa shape index (κ3) is 7.20. The van der Waals surface area contributed by atoms with Gasteiger partial charge in [-0.1, -0.05) is 67.4 Å². The van der Waals surface area contributed by atoms with Crippen molar-refractivity contribution < 1.29 is 23.9 Å². The second kappa shape index (κ2) is 14.4. The van der Waals surface area contributed by atoms with Crippen LogP contribution in [-0.4, -0.2) is 45.7 Å². The van der Waals surface area contributed by atoms with Crippen molar-refractivity contribution in [2.45, 2.75) is 45.3 Å². The Morgan fingerprint density at radius 3 is 2.20 bits per heavy atom. The third-order valence-corrected chi connectivity index (χ3v) is 7.68. The van der Waals surface area contributed by atoms with Crippen LogP contribution in [0.5, 0.6) is 0 Å². The van der Waals surface area contributed by atoms with Crippen molar-refractivity contribution in [3.8, 4) is 5.69 Å². The van der Waals surface area contributed by atoms with Gasteiger partial charge in [0.05, 0.1) is 32.2 Å². The monoisotopic (exact) mass is 639 g/mol. The van der Waals surface area contributed by atoms with Gasteiger partial charge in [-0.25, -0.2) is 14.2 Å². The minimum absolute atomic E-state index is 0.000534. The van der Waals surface area contributed by atoms with Crippen LogP contribution >= 0.6 is 23.2 Å². The number of aryl methyl sites for hydroxylation is 1.